The van der Waals surface area contributed by atoms with Crippen LogP contribution in [0.2, 0.25) is 0 Å². The normalized spacial score (nSPS) is 10.9. The lowest BCUT2D eigenvalue weighted by atomic mass is 10.2. The molecular formula is C18H21N3O4. The van der Waals surface area contributed by atoms with E-state index < -0.39 is 11.2 Å². The predicted octanol–water partition coefficient (Wildman–Crippen LogP) is 0.764. The van der Waals surface area contributed by atoms with Gasteiger partial charge in [-0.3, -0.25) is 14.2 Å². The first-order chi connectivity index (χ1) is 11.8. The molecule has 0 spiro atoms. The summed E-state index contributed by atoms with van der Waals surface area (Å²) >= 11 is 0. The Morgan fingerprint density at radius 2 is 2.00 bits per heavy atom. The van der Waals surface area contributed by atoms with E-state index in [1.165, 1.54) is 34.9 Å². The maximum absolute atomic E-state index is 12.3. The summed E-state index contributed by atoms with van der Waals surface area (Å²) in [6.45, 7) is 0.408. The minimum absolute atomic E-state index is 0.251. The molecule has 2 rings (SSSR count). The monoisotopic (exact) mass is 343 g/mol. The molecule has 0 atom stereocenters. The van der Waals surface area contributed by atoms with Crippen molar-refractivity contribution in [1.29, 1.82) is 0 Å². The zero-order valence-corrected chi connectivity index (χ0v) is 14.7. The highest BCUT2D eigenvalue weighted by Crippen LogP contribution is 2.14. The number of ether oxygens (including phenoxy) is 1. The topological polar surface area (TPSA) is 73.5 Å². The quantitative estimate of drug-likeness (QED) is 0.752. The van der Waals surface area contributed by atoms with E-state index in [2.05, 4.69) is 0 Å². The van der Waals surface area contributed by atoms with E-state index in [0.29, 0.717) is 6.54 Å². The zero-order valence-electron chi connectivity index (χ0n) is 14.7. The molecule has 0 aliphatic carbocycles. The third kappa shape index (κ3) is 4.26. The van der Waals surface area contributed by atoms with Crippen LogP contribution in [0.1, 0.15) is 11.1 Å². The van der Waals surface area contributed by atoms with E-state index in [1.807, 2.05) is 24.3 Å². The highest BCUT2D eigenvalue weighted by molar-refractivity contribution is 5.91. The molecule has 1 heterocycles. The second kappa shape index (κ2) is 7.65. The fourth-order valence-electron chi connectivity index (χ4n) is 2.36. The Balaban J connectivity index is 2.14. The van der Waals surface area contributed by atoms with Crippen LogP contribution in [-0.2, 0) is 25.4 Å². The average Bonchev–Trinajstić information content (AvgIpc) is 2.61. The van der Waals surface area contributed by atoms with Gasteiger partial charge in [-0.15, -0.1) is 0 Å². The molecule has 0 saturated carbocycles. The van der Waals surface area contributed by atoms with Crippen LogP contribution in [-0.4, -0.2) is 34.1 Å². The van der Waals surface area contributed by atoms with E-state index in [-0.39, 0.29) is 11.5 Å². The first-order valence-corrected chi connectivity index (χ1v) is 7.66. The SMILES string of the molecule is COc1cccc(CN(C)C(=O)/C=C/c2cn(C)c(=O)n(C)c2=O)c1. The van der Waals surface area contributed by atoms with Gasteiger partial charge < -0.3 is 14.2 Å². The van der Waals surface area contributed by atoms with E-state index >= 15 is 0 Å². The number of methoxy groups -OCH3 is 1. The summed E-state index contributed by atoms with van der Waals surface area (Å²) in [7, 11) is 6.21. The lowest BCUT2D eigenvalue weighted by molar-refractivity contribution is -0.125. The molecule has 7 heteroatoms. The second-order valence-corrected chi connectivity index (χ2v) is 5.72. The molecule has 0 aliphatic heterocycles. The van der Waals surface area contributed by atoms with E-state index in [4.69, 9.17) is 4.74 Å². The van der Waals surface area contributed by atoms with Crippen LogP contribution in [0.25, 0.3) is 6.08 Å². The molecule has 1 aromatic carbocycles. The Kier molecular flexibility index (Phi) is 5.59. The minimum atomic E-state index is -0.442. The maximum atomic E-state index is 12.3. The second-order valence-electron chi connectivity index (χ2n) is 5.72. The fourth-order valence-corrected chi connectivity index (χ4v) is 2.36. The first-order valence-electron chi connectivity index (χ1n) is 7.66. The lowest BCUT2D eigenvalue weighted by Gasteiger charge is -2.15. The van der Waals surface area contributed by atoms with Gasteiger partial charge in [0.25, 0.3) is 5.56 Å². The molecule has 0 bridgehead atoms. The van der Waals surface area contributed by atoms with Crippen LogP contribution in [0.3, 0.4) is 0 Å². The van der Waals surface area contributed by atoms with E-state index in [0.717, 1.165) is 15.9 Å². The van der Waals surface area contributed by atoms with Crippen molar-refractivity contribution in [3.05, 3.63) is 68.5 Å². The standard InChI is InChI=1S/C18H21N3O4/c1-19(11-13-6-5-7-15(10-13)25-4)16(22)9-8-14-12-20(2)18(24)21(3)17(14)23/h5-10,12H,11H2,1-4H3/b9-8+. The summed E-state index contributed by atoms with van der Waals surface area (Å²) < 4.78 is 7.47. The molecule has 1 amide bonds. The van der Waals surface area contributed by atoms with Crippen molar-refractivity contribution < 1.29 is 9.53 Å². The molecule has 0 fully saturated rings. The first kappa shape index (κ1) is 18.3. The van der Waals surface area contributed by atoms with Crippen LogP contribution in [0.15, 0.2) is 46.1 Å². The predicted molar refractivity (Wildman–Crippen MR) is 95.4 cm³/mol. The summed E-state index contributed by atoms with van der Waals surface area (Å²) in [5.74, 6) is 0.473. The molecular weight excluding hydrogens is 322 g/mol. The highest BCUT2D eigenvalue weighted by Gasteiger charge is 2.08. The number of aryl methyl sites for hydroxylation is 1. The average molecular weight is 343 g/mol. The van der Waals surface area contributed by atoms with Crippen molar-refractivity contribution in [2.45, 2.75) is 6.54 Å². The van der Waals surface area contributed by atoms with Crippen molar-refractivity contribution in [3.63, 3.8) is 0 Å². The smallest absolute Gasteiger partial charge is 0.330 e. The number of aromatic nitrogens is 2. The molecule has 7 nitrogen and oxygen atoms in total. The number of carbonyl (C=O) groups is 1. The number of hydrogen-bond acceptors (Lipinski definition) is 4. The van der Waals surface area contributed by atoms with Crippen molar-refractivity contribution in [3.8, 4) is 5.75 Å². The Bertz CT molecular complexity index is 925. The van der Waals surface area contributed by atoms with E-state index in [1.54, 1.807) is 21.2 Å². The number of nitrogens with zero attached hydrogens (tertiary/aromatic N) is 3. The Labute approximate surface area is 145 Å². The Morgan fingerprint density at radius 3 is 2.68 bits per heavy atom. The molecule has 25 heavy (non-hydrogen) atoms. The third-order valence-electron chi connectivity index (χ3n) is 3.81. The van der Waals surface area contributed by atoms with Gasteiger partial charge in [-0.05, 0) is 23.8 Å². The van der Waals surface area contributed by atoms with Crippen molar-refractivity contribution in [1.82, 2.24) is 14.0 Å². The minimum Gasteiger partial charge on any atom is -0.497 e. The molecule has 132 valence electrons. The van der Waals surface area contributed by atoms with Crippen molar-refractivity contribution >= 4 is 12.0 Å². The maximum Gasteiger partial charge on any atom is 0.330 e. The summed E-state index contributed by atoms with van der Waals surface area (Å²) in [5.41, 5.74) is 0.348. The summed E-state index contributed by atoms with van der Waals surface area (Å²) in [6, 6.07) is 7.45. The largest absolute Gasteiger partial charge is 0.497 e. The molecule has 0 aliphatic rings. The third-order valence-corrected chi connectivity index (χ3v) is 3.81. The van der Waals surface area contributed by atoms with Crippen LogP contribution >= 0.6 is 0 Å². The number of amides is 1. The van der Waals surface area contributed by atoms with Crippen molar-refractivity contribution in [2.24, 2.45) is 14.1 Å². The molecule has 2 aromatic rings. The zero-order chi connectivity index (χ0) is 18.6. The highest BCUT2D eigenvalue weighted by atomic mass is 16.5. The Hall–Kier alpha value is -3.09. The fraction of sp³-hybridized carbons (Fsp3) is 0.278. The Morgan fingerprint density at radius 1 is 1.28 bits per heavy atom. The molecule has 0 unspecified atom stereocenters. The summed E-state index contributed by atoms with van der Waals surface area (Å²) in [4.78, 5) is 37.5. The molecule has 0 saturated heterocycles. The number of benzene rings is 1. The van der Waals surface area contributed by atoms with Gasteiger partial charge in [-0.25, -0.2) is 4.79 Å². The number of rotatable bonds is 5. The summed E-state index contributed by atoms with van der Waals surface area (Å²) in [6.07, 6.45) is 4.16. The van der Waals surface area contributed by atoms with Crippen molar-refractivity contribution in [2.75, 3.05) is 14.2 Å². The number of hydrogen-bond donors (Lipinski definition) is 0. The van der Waals surface area contributed by atoms with Crippen LogP contribution in [0.4, 0.5) is 0 Å². The summed E-state index contributed by atoms with van der Waals surface area (Å²) in [5, 5.41) is 0. The number of carbonyl (C=O) groups excluding carboxylic acids is 1. The van der Waals surface area contributed by atoms with Gasteiger partial charge in [0.15, 0.2) is 0 Å². The van der Waals surface area contributed by atoms with Crippen LogP contribution in [0, 0.1) is 0 Å². The van der Waals surface area contributed by atoms with Gasteiger partial charge in [-0.2, -0.15) is 0 Å². The van der Waals surface area contributed by atoms with Gasteiger partial charge in [-0.1, -0.05) is 12.1 Å². The van der Waals surface area contributed by atoms with Crippen LogP contribution in [0.5, 0.6) is 5.75 Å². The van der Waals surface area contributed by atoms with Gasteiger partial charge in [0.2, 0.25) is 5.91 Å². The molecule has 0 N–H and O–H groups in total. The van der Waals surface area contributed by atoms with Gasteiger partial charge >= 0.3 is 5.69 Å². The van der Waals surface area contributed by atoms with Gasteiger partial charge in [0, 0.05) is 40.0 Å². The van der Waals surface area contributed by atoms with Gasteiger partial charge in [0.05, 0.1) is 12.7 Å². The molecule has 1 aromatic heterocycles. The van der Waals surface area contributed by atoms with Crippen LogP contribution < -0.4 is 16.0 Å². The molecule has 0 radical (unpaired) electrons. The van der Waals surface area contributed by atoms with Gasteiger partial charge in [0.1, 0.15) is 5.75 Å². The van der Waals surface area contributed by atoms with E-state index in [9.17, 15) is 14.4 Å². The lowest BCUT2D eigenvalue weighted by Crippen LogP contribution is -2.37. The number of likely N-dealkylation sites (N-methyl/N-ethyl adjacent to an activating group) is 1.